The third kappa shape index (κ3) is 3.59. The van der Waals surface area contributed by atoms with Crippen molar-refractivity contribution in [1.29, 1.82) is 0 Å². The molecule has 2 atom stereocenters. The van der Waals surface area contributed by atoms with Gasteiger partial charge in [0.2, 0.25) is 0 Å². The zero-order valence-electron chi connectivity index (χ0n) is 11.7. The van der Waals surface area contributed by atoms with Crippen LogP contribution in [0.3, 0.4) is 0 Å². The van der Waals surface area contributed by atoms with Crippen molar-refractivity contribution in [2.45, 2.75) is 51.4 Å². The maximum Gasteiger partial charge on any atom is 0.191 e. The molecule has 0 aromatic rings. The predicted octanol–water partition coefficient (Wildman–Crippen LogP) is 0.979. The fourth-order valence-corrected chi connectivity index (χ4v) is 2.53. The number of aliphatic imine (C=N–C) groups is 1. The molecule has 2 aliphatic rings. The smallest absolute Gasteiger partial charge is 0.191 e. The molecule has 2 saturated heterocycles. The lowest BCUT2D eigenvalue weighted by Gasteiger charge is -2.32. The van der Waals surface area contributed by atoms with E-state index in [1.54, 1.807) is 0 Å². The minimum atomic E-state index is 0.00241. The van der Waals surface area contributed by atoms with Crippen LogP contribution in [0.4, 0.5) is 0 Å². The quantitative estimate of drug-likeness (QED) is 0.590. The second-order valence-corrected chi connectivity index (χ2v) is 5.86. The molecular weight excluding hydrogens is 230 g/mol. The molecule has 2 aliphatic heterocycles. The van der Waals surface area contributed by atoms with Crippen LogP contribution in [0.1, 0.15) is 33.6 Å². The van der Waals surface area contributed by atoms with E-state index in [1.165, 1.54) is 0 Å². The summed E-state index contributed by atoms with van der Waals surface area (Å²) < 4.78 is 11.4. The molecule has 2 N–H and O–H groups in total. The van der Waals surface area contributed by atoms with Gasteiger partial charge in [-0.1, -0.05) is 0 Å². The first-order chi connectivity index (χ1) is 8.46. The maximum absolute atomic E-state index is 6.02. The fourth-order valence-electron chi connectivity index (χ4n) is 2.53. The Labute approximate surface area is 109 Å². The van der Waals surface area contributed by atoms with Crippen molar-refractivity contribution >= 4 is 5.96 Å². The van der Waals surface area contributed by atoms with Gasteiger partial charge in [0.15, 0.2) is 5.96 Å². The van der Waals surface area contributed by atoms with E-state index in [2.05, 4.69) is 30.7 Å². The molecule has 2 heterocycles. The Kier molecular flexibility index (Phi) is 4.12. The van der Waals surface area contributed by atoms with Gasteiger partial charge >= 0.3 is 0 Å². The first kappa shape index (κ1) is 13.6. The lowest BCUT2D eigenvalue weighted by molar-refractivity contribution is -0.0111. The molecule has 0 bridgehead atoms. The van der Waals surface area contributed by atoms with Crippen LogP contribution in [0.15, 0.2) is 4.99 Å². The highest BCUT2D eigenvalue weighted by atomic mass is 16.5. The molecule has 0 aromatic heterocycles. The van der Waals surface area contributed by atoms with Crippen molar-refractivity contribution in [3.8, 4) is 0 Å². The summed E-state index contributed by atoms with van der Waals surface area (Å²) in [4.78, 5) is 6.56. The van der Waals surface area contributed by atoms with Crippen LogP contribution in [-0.4, -0.2) is 54.9 Å². The average Bonchev–Trinajstić information content (AvgIpc) is 2.66. The number of nitrogens with two attached hydrogens (primary N) is 1. The van der Waals surface area contributed by atoms with Gasteiger partial charge in [-0.2, -0.15) is 0 Å². The third-order valence-electron chi connectivity index (χ3n) is 3.58. The summed E-state index contributed by atoms with van der Waals surface area (Å²) in [6.45, 7) is 9.36. The third-order valence-corrected chi connectivity index (χ3v) is 3.58. The zero-order chi connectivity index (χ0) is 13.2. The molecule has 0 saturated carbocycles. The summed E-state index contributed by atoms with van der Waals surface area (Å²) in [6, 6.07) is 0. The Hall–Kier alpha value is -0.810. The standard InChI is InChI=1S/C13H25N3O2/c1-10-9-16(6-7-17-10)12(14)15-8-11-4-5-13(2,3)18-11/h10-11H,4-9H2,1-3H3,(H2,14,15). The van der Waals surface area contributed by atoms with E-state index >= 15 is 0 Å². The molecule has 5 nitrogen and oxygen atoms in total. The lowest BCUT2D eigenvalue weighted by atomic mass is 10.1. The van der Waals surface area contributed by atoms with Gasteiger partial charge in [0.05, 0.1) is 31.0 Å². The van der Waals surface area contributed by atoms with E-state index in [0.29, 0.717) is 12.5 Å². The van der Waals surface area contributed by atoms with E-state index in [1.807, 2.05) is 0 Å². The highest BCUT2D eigenvalue weighted by molar-refractivity contribution is 5.78. The number of morpholine rings is 1. The first-order valence-electron chi connectivity index (χ1n) is 6.80. The monoisotopic (exact) mass is 255 g/mol. The van der Waals surface area contributed by atoms with E-state index in [9.17, 15) is 0 Å². The van der Waals surface area contributed by atoms with Crippen LogP contribution in [-0.2, 0) is 9.47 Å². The minimum absolute atomic E-state index is 0.00241. The molecule has 2 unspecified atom stereocenters. The topological polar surface area (TPSA) is 60.1 Å². The largest absolute Gasteiger partial charge is 0.375 e. The van der Waals surface area contributed by atoms with Gasteiger partial charge in [-0.05, 0) is 33.6 Å². The van der Waals surface area contributed by atoms with Gasteiger partial charge in [-0.3, -0.25) is 4.99 Å². The van der Waals surface area contributed by atoms with Crippen LogP contribution in [0, 0.1) is 0 Å². The molecule has 0 spiro atoms. The molecule has 18 heavy (non-hydrogen) atoms. The second-order valence-electron chi connectivity index (χ2n) is 5.86. The Balaban J connectivity index is 1.82. The fraction of sp³-hybridized carbons (Fsp3) is 0.923. The Bertz CT molecular complexity index is 317. The number of nitrogens with zero attached hydrogens (tertiary/aromatic N) is 2. The minimum Gasteiger partial charge on any atom is -0.375 e. The molecule has 0 aliphatic carbocycles. The second kappa shape index (κ2) is 5.45. The highest BCUT2D eigenvalue weighted by Crippen LogP contribution is 2.29. The molecule has 2 fully saturated rings. The normalized spacial score (nSPS) is 32.8. The van der Waals surface area contributed by atoms with Crippen LogP contribution in [0.5, 0.6) is 0 Å². The molecule has 104 valence electrons. The molecule has 0 aromatic carbocycles. The first-order valence-corrected chi connectivity index (χ1v) is 6.80. The summed E-state index contributed by atoms with van der Waals surface area (Å²) in [5.74, 6) is 0.624. The van der Waals surface area contributed by atoms with E-state index in [0.717, 1.165) is 32.5 Å². The predicted molar refractivity (Wildman–Crippen MR) is 71.7 cm³/mol. The Morgan fingerprint density at radius 1 is 1.50 bits per heavy atom. The van der Waals surface area contributed by atoms with Crippen LogP contribution in [0.25, 0.3) is 0 Å². The van der Waals surface area contributed by atoms with Gasteiger partial charge in [0, 0.05) is 13.1 Å². The van der Waals surface area contributed by atoms with Gasteiger partial charge in [-0.25, -0.2) is 0 Å². The van der Waals surface area contributed by atoms with E-state index in [-0.39, 0.29) is 17.8 Å². The number of hydrogen-bond donors (Lipinski definition) is 1. The van der Waals surface area contributed by atoms with Crippen molar-refractivity contribution in [2.24, 2.45) is 10.7 Å². The Morgan fingerprint density at radius 3 is 2.89 bits per heavy atom. The van der Waals surface area contributed by atoms with Crippen molar-refractivity contribution in [3.05, 3.63) is 0 Å². The molecule has 0 amide bonds. The maximum atomic E-state index is 6.02. The zero-order valence-corrected chi connectivity index (χ0v) is 11.7. The van der Waals surface area contributed by atoms with Gasteiger partial charge in [0.25, 0.3) is 0 Å². The lowest BCUT2D eigenvalue weighted by Crippen LogP contribution is -2.48. The number of guanidine groups is 1. The van der Waals surface area contributed by atoms with Crippen molar-refractivity contribution < 1.29 is 9.47 Å². The summed E-state index contributed by atoms with van der Waals surface area (Å²) in [7, 11) is 0. The van der Waals surface area contributed by atoms with Crippen LogP contribution in [0.2, 0.25) is 0 Å². The summed E-state index contributed by atoms with van der Waals surface area (Å²) in [5, 5.41) is 0. The van der Waals surface area contributed by atoms with Crippen molar-refractivity contribution in [2.75, 3.05) is 26.2 Å². The van der Waals surface area contributed by atoms with Crippen molar-refractivity contribution in [3.63, 3.8) is 0 Å². The number of hydrogen-bond acceptors (Lipinski definition) is 3. The Morgan fingerprint density at radius 2 is 2.28 bits per heavy atom. The molecule has 0 radical (unpaired) electrons. The van der Waals surface area contributed by atoms with Gasteiger partial charge < -0.3 is 20.1 Å². The summed E-state index contributed by atoms with van der Waals surface area (Å²) in [5.41, 5.74) is 6.02. The summed E-state index contributed by atoms with van der Waals surface area (Å²) in [6.07, 6.45) is 2.62. The highest BCUT2D eigenvalue weighted by Gasteiger charge is 2.31. The van der Waals surface area contributed by atoms with Crippen LogP contribution < -0.4 is 5.73 Å². The van der Waals surface area contributed by atoms with Gasteiger partial charge in [-0.15, -0.1) is 0 Å². The van der Waals surface area contributed by atoms with Crippen molar-refractivity contribution in [1.82, 2.24) is 4.90 Å². The van der Waals surface area contributed by atoms with Gasteiger partial charge in [0.1, 0.15) is 0 Å². The SMILES string of the molecule is CC1CN(C(N)=NCC2CCC(C)(C)O2)CCO1. The number of ether oxygens (including phenoxy) is 2. The van der Waals surface area contributed by atoms with Crippen LogP contribution >= 0.6 is 0 Å². The summed E-state index contributed by atoms with van der Waals surface area (Å²) >= 11 is 0. The molecular formula is C13H25N3O2. The molecule has 2 rings (SSSR count). The van der Waals surface area contributed by atoms with E-state index in [4.69, 9.17) is 15.2 Å². The molecule has 5 heteroatoms. The van der Waals surface area contributed by atoms with E-state index < -0.39 is 0 Å². The number of rotatable bonds is 2. The average molecular weight is 255 g/mol.